The minimum Gasteiger partial charge on any atom is -0.481 e. The normalized spacial score (nSPS) is 13.2. The van der Waals surface area contributed by atoms with E-state index in [1.54, 1.807) is 45.0 Å². The lowest BCUT2D eigenvalue weighted by Gasteiger charge is -2.27. The van der Waals surface area contributed by atoms with Gasteiger partial charge in [-0.25, -0.2) is 4.39 Å². The van der Waals surface area contributed by atoms with Gasteiger partial charge < -0.3 is 19.9 Å². The Morgan fingerprint density at radius 1 is 1.00 bits per heavy atom. The zero-order chi connectivity index (χ0) is 35.5. The maximum absolute atomic E-state index is 14.2. The maximum Gasteiger partial charge on any atom is 0.416 e. The monoisotopic (exact) mass is 667 g/mol. The third-order valence-electron chi connectivity index (χ3n) is 8.38. The quantitative estimate of drug-likeness (QED) is 0.153. The zero-order valence-electron chi connectivity index (χ0n) is 27.9. The molecule has 48 heavy (non-hydrogen) atoms. The molecule has 1 aromatic heterocycles. The van der Waals surface area contributed by atoms with Gasteiger partial charge in [0.1, 0.15) is 11.9 Å². The Labute approximate surface area is 277 Å². The number of likely N-dealkylation sites (N-methyl/N-ethyl adjacent to an activating group) is 1. The lowest BCUT2D eigenvalue weighted by molar-refractivity contribution is -0.139. The molecule has 7 nitrogen and oxygen atoms in total. The first kappa shape index (κ1) is 36.3. The van der Waals surface area contributed by atoms with Gasteiger partial charge in [0.05, 0.1) is 18.0 Å². The molecule has 0 spiro atoms. The van der Waals surface area contributed by atoms with Crippen LogP contribution in [0.1, 0.15) is 66.6 Å². The fourth-order valence-corrected chi connectivity index (χ4v) is 6.26. The van der Waals surface area contributed by atoms with Gasteiger partial charge in [0, 0.05) is 18.8 Å². The van der Waals surface area contributed by atoms with Gasteiger partial charge in [-0.05, 0) is 115 Å². The Balaban J connectivity index is 1.86. The fraction of sp³-hybridized carbons (Fsp3) is 0.378. The van der Waals surface area contributed by atoms with Crippen molar-refractivity contribution in [3.8, 4) is 11.1 Å². The average molecular weight is 668 g/mol. The maximum atomic E-state index is 14.2. The summed E-state index contributed by atoms with van der Waals surface area (Å²) < 4.78 is 57.1. The Morgan fingerprint density at radius 2 is 1.65 bits per heavy atom. The molecule has 0 aliphatic carbocycles. The number of hydrogen-bond donors (Lipinski definition) is 2. The Morgan fingerprint density at radius 3 is 2.23 bits per heavy atom. The number of nitrogens with one attached hydrogen (secondary N) is 1. The third kappa shape index (κ3) is 8.49. The number of nitrogens with zero attached hydrogens (tertiary/aromatic N) is 2. The molecule has 0 radical (unpaired) electrons. The van der Waals surface area contributed by atoms with E-state index in [4.69, 9.17) is 0 Å². The molecule has 11 heteroatoms. The Bertz CT molecular complexity index is 1860. The summed E-state index contributed by atoms with van der Waals surface area (Å²) in [5.74, 6) is -2.42. The number of hydrogen-bond acceptors (Lipinski definition) is 4. The molecule has 0 fully saturated rings. The largest absolute Gasteiger partial charge is 0.481 e. The first-order valence-electron chi connectivity index (χ1n) is 15.7. The van der Waals surface area contributed by atoms with Crippen molar-refractivity contribution in [2.24, 2.45) is 5.92 Å². The van der Waals surface area contributed by atoms with E-state index in [0.717, 1.165) is 21.7 Å². The topological polar surface area (TPSA) is 91.6 Å². The minimum atomic E-state index is -4.77. The summed E-state index contributed by atoms with van der Waals surface area (Å²) in [6.07, 6.45) is -4.07. The van der Waals surface area contributed by atoms with Gasteiger partial charge in [0.25, 0.3) is 5.56 Å². The van der Waals surface area contributed by atoms with Crippen molar-refractivity contribution in [3.63, 3.8) is 0 Å². The molecule has 1 heterocycles. The number of halogens is 4. The average Bonchev–Trinajstić information content (AvgIpc) is 2.97. The SMILES string of the molecule is Cc1cc(F)cc(C)c1-c1cc(C(CC(=O)O)NC(=O)C(CC(C)C)n2cc(CCN(C)C)c(C(F)(F)F)cc2=O)c2ccccc2c1. The predicted molar refractivity (Wildman–Crippen MR) is 178 cm³/mol. The van der Waals surface area contributed by atoms with Crippen molar-refractivity contribution in [2.75, 3.05) is 20.6 Å². The lowest BCUT2D eigenvalue weighted by atomic mass is 9.88. The summed E-state index contributed by atoms with van der Waals surface area (Å²) in [5.41, 5.74) is 1.16. The fourth-order valence-electron chi connectivity index (χ4n) is 6.26. The van der Waals surface area contributed by atoms with E-state index in [-0.39, 0.29) is 36.7 Å². The van der Waals surface area contributed by atoms with Crippen molar-refractivity contribution in [3.05, 3.63) is 105 Å². The summed E-state index contributed by atoms with van der Waals surface area (Å²) in [6.45, 7) is 7.48. The molecule has 4 aromatic rings. The predicted octanol–water partition coefficient (Wildman–Crippen LogP) is 7.47. The second kappa shape index (κ2) is 14.7. The number of aliphatic carboxylic acids is 1. The van der Waals surface area contributed by atoms with E-state index >= 15 is 0 Å². The molecule has 2 unspecified atom stereocenters. The van der Waals surface area contributed by atoms with Gasteiger partial charge in [-0.2, -0.15) is 13.2 Å². The van der Waals surface area contributed by atoms with Crippen molar-refractivity contribution in [2.45, 2.75) is 65.2 Å². The molecule has 0 aliphatic rings. The number of alkyl halides is 3. The first-order chi connectivity index (χ1) is 22.5. The minimum absolute atomic E-state index is 0.0131. The molecule has 1 amide bonds. The van der Waals surface area contributed by atoms with E-state index < -0.39 is 47.7 Å². The standard InChI is InChI=1S/C37H41F4N3O4/c1-21(2)13-32(44-20-25(11-12-43(5)6)30(18-33(44)45)37(39,40)41)36(48)42-31(19-34(46)47)29-17-26(16-24-9-7-8-10-28(24)29)35-22(3)14-27(38)15-23(35)4/h7-10,14-18,20-21,31-32H,11-13,19H2,1-6H3,(H,42,48)(H,46,47). The number of amides is 1. The van der Waals surface area contributed by atoms with E-state index in [9.17, 15) is 37.1 Å². The van der Waals surface area contributed by atoms with Crippen LogP contribution in [0.25, 0.3) is 21.9 Å². The van der Waals surface area contributed by atoms with Crippen LogP contribution in [0, 0.1) is 25.6 Å². The molecule has 0 saturated heterocycles. The number of carbonyl (C=O) groups excluding carboxylic acids is 1. The number of benzene rings is 3. The number of rotatable bonds is 12. The van der Waals surface area contributed by atoms with Crippen LogP contribution in [0.2, 0.25) is 0 Å². The number of carbonyl (C=O) groups is 2. The van der Waals surface area contributed by atoms with E-state index in [1.807, 2.05) is 38.1 Å². The van der Waals surface area contributed by atoms with E-state index in [0.29, 0.717) is 33.7 Å². The highest BCUT2D eigenvalue weighted by Gasteiger charge is 2.36. The second-order valence-electron chi connectivity index (χ2n) is 13.0. The van der Waals surface area contributed by atoms with Gasteiger partial charge in [-0.15, -0.1) is 0 Å². The number of aryl methyl sites for hydroxylation is 2. The number of carboxylic acid groups (broad SMARTS) is 1. The molecule has 4 rings (SSSR count). The number of fused-ring (bicyclic) bond motifs is 1. The van der Waals surface area contributed by atoms with Crippen molar-refractivity contribution in [1.29, 1.82) is 0 Å². The van der Waals surface area contributed by atoms with Crippen LogP contribution in [-0.2, 0) is 22.2 Å². The number of pyridine rings is 1. The Hall–Kier alpha value is -4.51. The Kier molecular flexibility index (Phi) is 11.1. The van der Waals surface area contributed by atoms with Gasteiger partial charge in [-0.1, -0.05) is 38.1 Å². The highest BCUT2D eigenvalue weighted by Crippen LogP contribution is 2.36. The molecule has 2 atom stereocenters. The van der Waals surface area contributed by atoms with Crippen molar-refractivity contribution < 1.29 is 32.3 Å². The van der Waals surface area contributed by atoms with Crippen LogP contribution in [0.4, 0.5) is 17.6 Å². The first-order valence-corrected chi connectivity index (χ1v) is 15.7. The summed E-state index contributed by atoms with van der Waals surface area (Å²) >= 11 is 0. The zero-order valence-corrected chi connectivity index (χ0v) is 27.9. The van der Waals surface area contributed by atoms with Gasteiger partial charge in [0.15, 0.2) is 0 Å². The second-order valence-corrected chi connectivity index (χ2v) is 13.0. The van der Waals surface area contributed by atoms with Crippen LogP contribution >= 0.6 is 0 Å². The van der Waals surface area contributed by atoms with Crippen molar-refractivity contribution >= 4 is 22.6 Å². The van der Waals surface area contributed by atoms with Crippen LogP contribution < -0.4 is 10.9 Å². The van der Waals surface area contributed by atoms with Crippen LogP contribution in [-0.4, -0.2) is 47.1 Å². The molecule has 0 aliphatic heterocycles. The van der Waals surface area contributed by atoms with Crippen LogP contribution in [0.15, 0.2) is 65.6 Å². The van der Waals surface area contributed by atoms with Gasteiger partial charge >= 0.3 is 12.1 Å². The van der Waals surface area contributed by atoms with Crippen LogP contribution in [0.3, 0.4) is 0 Å². The number of carboxylic acids is 1. The lowest BCUT2D eigenvalue weighted by Crippen LogP contribution is -2.40. The summed E-state index contributed by atoms with van der Waals surface area (Å²) in [4.78, 5) is 41.3. The third-order valence-corrected chi connectivity index (χ3v) is 8.38. The molecule has 3 aromatic carbocycles. The van der Waals surface area contributed by atoms with Gasteiger partial charge in [0.2, 0.25) is 5.91 Å². The van der Waals surface area contributed by atoms with E-state index in [2.05, 4.69) is 5.32 Å². The molecule has 0 saturated carbocycles. The summed E-state index contributed by atoms with van der Waals surface area (Å²) in [7, 11) is 3.44. The molecular formula is C37H41F4N3O4. The number of aromatic nitrogens is 1. The molecular weight excluding hydrogens is 626 g/mol. The molecule has 256 valence electrons. The smallest absolute Gasteiger partial charge is 0.416 e. The molecule has 2 N–H and O–H groups in total. The molecule has 0 bridgehead atoms. The summed E-state index contributed by atoms with van der Waals surface area (Å²) in [6, 6.07) is 12.1. The van der Waals surface area contributed by atoms with Crippen LogP contribution in [0.5, 0.6) is 0 Å². The summed E-state index contributed by atoms with van der Waals surface area (Å²) in [5, 5.41) is 14.3. The van der Waals surface area contributed by atoms with E-state index in [1.165, 1.54) is 12.1 Å². The van der Waals surface area contributed by atoms with Crippen molar-refractivity contribution in [1.82, 2.24) is 14.8 Å². The van der Waals surface area contributed by atoms with Gasteiger partial charge in [-0.3, -0.25) is 14.4 Å². The highest BCUT2D eigenvalue weighted by molar-refractivity contribution is 5.93. The highest BCUT2D eigenvalue weighted by atomic mass is 19.4.